The third-order valence-electron chi connectivity index (χ3n) is 10.0. The first-order valence-electron chi connectivity index (χ1n) is 17.1. The number of hydrogen-bond donors (Lipinski definition) is 0. The number of benzene rings is 9. The van der Waals surface area contributed by atoms with E-state index in [0.717, 1.165) is 44.4 Å². The van der Waals surface area contributed by atoms with Crippen LogP contribution in [0.15, 0.2) is 192 Å². The maximum absolute atomic E-state index is 6.65. The topological polar surface area (TPSA) is 16.4 Å². The van der Waals surface area contributed by atoms with Gasteiger partial charge in [0.05, 0.1) is 11.1 Å². The van der Waals surface area contributed by atoms with E-state index in [-0.39, 0.29) is 0 Å². The van der Waals surface area contributed by atoms with Crippen LogP contribution < -0.4 is 4.90 Å². The molecule has 2 heteroatoms. The molecule has 0 fully saturated rings. The Kier molecular flexibility index (Phi) is 6.53. The van der Waals surface area contributed by atoms with Gasteiger partial charge in [0.25, 0.3) is 0 Å². The minimum atomic E-state index is 0.873. The lowest BCUT2D eigenvalue weighted by Crippen LogP contribution is -2.10. The average molecular weight is 638 g/mol. The molecule has 0 aliphatic carbocycles. The van der Waals surface area contributed by atoms with Crippen molar-refractivity contribution in [2.24, 2.45) is 0 Å². The van der Waals surface area contributed by atoms with Crippen LogP contribution in [0, 0.1) is 0 Å². The van der Waals surface area contributed by atoms with Crippen LogP contribution in [0.3, 0.4) is 0 Å². The molecule has 0 spiro atoms. The van der Waals surface area contributed by atoms with Crippen molar-refractivity contribution in [2.45, 2.75) is 0 Å². The molecule has 0 saturated heterocycles. The highest BCUT2D eigenvalue weighted by Crippen LogP contribution is 2.45. The fourth-order valence-electron chi connectivity index (χ4n) is 7.51. The highest BCUT2D eigenvalue weighted by Gasteiger charge is 2.21. The van der Waals surface area contributed by atoms with E-state index in [4.69, 9.17) is 4.42 Å². The van der Waals surface area contributed by atoms with Crippen LogP contribution in [0.4, 0.5) is 17.1 Å². The minimum absolute atomic E-state index is 0.873. The Bertz CT molecular complexity index is 2880. The summed E-state index contributed by atoms with van der Waals surface area (Å²) in [5.41, 5.74) is 9.77. The van der Waals surface area contributed by atoms with E-state index in [1.165, 1.54) is 49.2 Å². The van der Waals surface area contributed by atoms with E-state index in [1.807, 2.05) is 0 Å². The van der Waals surface area contributed by atoms with Gasteiger partial charge in [-0.25, -0.2) is 0 Å². The van der Waals surface area contributed by atoms with Crippen LogP contribution in [0.1, 0.15) is 0 Å². The Morgan fingerprint density at radius 3 is 1.66 bits per heavy atom. The second-order valence-electron chi connectivity index (χ2n) is 13.0. The molecule has 2 nitrogen and oxygen atoms in total. The highest BCUT2D eigenvalue weighted by molar-refractivity contribution is 6.19. The quantitative estimate of drug-likeness (QED) is 0.187. The molecule has 0 unspecified atom stereocenters. The van der Waals surface area contributed by atoms with E-state index in [0.29, 0.717) is 0 Å². The molecule has 234 valence electrons. The van der Waals surface area contributed by atoms with Crippen molar-refractivity contribution in [1.82, 2.24) is 0 Å². The van der Waals surface area contributed by atoms with Crippen LogP contribution in [-0.2, 0) is 0 Å². The summed E-state index contributed by atoms with van der Waals surface area (Å²) in [6.45, 7) is 0. The molecule has 0 N–H and O–H groups in total. The molecule has 0 aliphatic rings. The van der Waals surface area contributed by atoms with E-state index >= 15 is 0 Å². The zero-order chi connectivity index (χ0) is 33.0. The summed E-state index contributed by atoms with van der Waals surface area (Å²) >= 11 is 0. The normalized spacial score (nSPS) is 11.6. The van der Waals surface area contributed by atoms with E-state index in [9.17, 15) is 0 Å². The molecular formula is C48H31NO. The van der Waals surface area contributed by atoms with Crippen LogP contribution in [-0.4, -0.2) is 0 Å². The SMILES string of the molecule is c1cc(-c2ccc3ccccc3c2)cc(N(c2ccc(-c3ccc4ccccc4c3)cc2)c2cccc3oc4c5ccccc5ccc4c23)c1. The monoisotopic (exact) mass is 637 g/mol. The molecule has 50 heavy (non-hydrogen) atoms. The molecule has 1 aromatic heterocycles. The number of anilines is 3. The summed E-state index contributed by atoms with van der Waals surface area (Å²) in [5.74, 6) is 0. The van der Waals surface area contributed by atoms with Crippen molar-refractivity contribution < 1.29 is 4.42 Å². The van der Waals surface area contributed by atoms with Crippen molar-refractivity contribution in [1.29, 1.82) is 0 Å². The van der Waals surface area contributed by atoms with Gasteiger partial charge < -0.3 is 9.32 Å². The number of fused-ring (bicyclic) bond motifs is 7. The van der Waals surface area contributed by atoms with E-state index < -0.39 is 0 Å². The fourth-order valence-corrected chi connectivity index (χ4v) is 7.51. The molecule has 0 atom stereocenters. The second-order valence-corrected chi connectivity index (χ2v) is 13.0. The fraction of sp³-hybridized carbons (Fsp3) is 0. The summed E-state index contributed by atoms with van der Waals surface area (Å²) in [7, 11) is 0. The summed E-state index contributed by atoms with van der Waals surface area (Å²) in [6, 6.07) is 67.6. The van der Waals surface area contributed by atoms with Crippen LogP contribution in [0.2, 0.25) is 0 Å². The molecule has 10 aromatic rings. The third kappa shape index (κ3) is 4.73. The Balaban J connectivity index is 1.16. The van der Waals surface area contributed by atoms with Crippen molar-refractivity contribution >= 4 is 71.3 Å². The van der Waals surface area contributed by atoms with E-state index in [1.54, 1.807) is 0 Å². The highest BCUT2D eigenvalue weighted by atomic mass is 16.3. The third-order valence-corrected chi connectivity index (χ3v) is 10.0. The predicted molar refractivity (Wildman–Crippen MR) is 212 cm³/mol. The zero-order valence-corrected chi connectivity index (χ0v) is 27.3. The molecule has 0 bridgehead atoms. The van der Waals surface area contributed by atoms with Gasteiger partial charge in [-0.3, -0.25) is 0 Å². The van der Waals surface area contributed by atoms with Crippen LogP contribution in [0.25, 0.3) is 76.5 Å². The smallest absolute Gasteiger partial charge is 0.143 e. The Morgan fingerprint density at radius 2 is 0.920 bits per heavy atom. The number of nitrogens with zero attached hydrogens (tertiary/aromatic N) is 1. The van der Waals surface area contributed by atoms with Crippen molar-refractivity contribution in [3.05, 3.63) is 188 Å². The maximum Gasteiger partial charge on any atom is 0.143 e. The first-order chi connectivity index (χ1) is 24.8. The summed E-state index contributed by atoms with van der Waals surface area (Å²) < 4.78 is 6.65. The van der Waals surface area contributed by atoms with Gasteiger partial charge in [0, 0.05) is 22.1 Å². The Labute approximate surface area is 290 Å². The molecule has 0 aliphatic heterocycles. The van der Waals surface area contributed by atoms with Gasteiger partial charge in [-0.15, -0.1) is 0 Å². The van der Waals surface area contributed by atoms with Gasteiger partial charge in [0.1, 0.15) is 11.2 Å². The second kappa shape index (κ2) is 11.5. The number of furan rings is 1. The minimum Gasteiger partial charge on any atom is -0.455 e. The van der Waals surface area contributed by atoms with Crippen molar-refractivity contribution in [2.75, 3.05) is 4.90 Å². The summed E-state index contributed by atoms with van der Waals surface area (Å²) in [5, 5.41) is 9.47. The first-order valence-corrected chi connectivity index (χ1v) is 17.1. The molecule has 0 amide bonds. The molecule has 0 radical (unpaired) electrons. The van der Waals surface area contributed by atoms with Crippen molar-refractivity contribution in [3.8, 4) is 22.3 Å². The lowest BCUT2D eigenvalue weighted by atomic mass is 9.99. The van der Waals surface area contributed by atoms with Crippen molar-refractivity contribution in [3.63, 3.8) is 0 Å². The van der Waals surface area contributed by atoms with Crippen LogP contribution >= 0.6 is 0 Å². The molecular weight excluding hydrogens is 607 g/mol. The maximum atomic E-state index is 6.65. The zero-order valence-electron chi connectivity index (χ0n) is 27.3. The number of hydrogen-bond acceptors (Lipinski definition) is 2. The van der Waals surface area contributed by atoms with Gasteiger partial charge in [-0.1, -0.05) is 133 Å². The van der Waals surface area contributed by atoms with Gasteiger partial charge in [0.15, 0.2) is 0 Å². The predicted octanol–water partition coefficient (Wildman–Crippen LogP) is 13.8. The lowest BCUT2D eigenvalue weighted by molar-refractivity contribution is 0.672. The van der Waals surface area contributed by atoms with Gasteiger partial charge in [0.2, 0.25) is 0 Å². The molecule has 10 rings (SSSR count). The molecule has 0 saturated carbocycles. The van der Waals surface area contributed by atoms with Crippen LogP contribution in [0.5, 0.6) is 0 Å². The Hall–Kier alpha value is -6.64. The van der Waals surface area contributed by atoms with Gasteiger partial charge in [-0.05, 0) is 104 Å². The lowest BCUT2D eigenvalue weighted by Gasteiger charge is -2.27. The van der Waals surface area contributed by atoms with E-state index in [2.05, 4.69) is 193 Å². The largest absolute Gasteiger partial charge is 0.455 e. The number of rotatable bonds is 5. The summed E-state index contributed by atoms with van der Waals surface area (Å²) in [6.07, 6.45) is 0. The van der Waals surface area contributed by atoms with Gasteiger partial charge in [-0.2, -0.15) is 0 Å². The Morgan fingerprint density at radius 1 is 0.340 bits per heavy atom. The first kappa shape index (κ1) is 28.4. The molecule has 1 heterocycles. The molecule has 9 aromatic carbocycles. The standard InChI is InChI=1S/C48H31NO/c1-3-12-36-29-39(21-19-32(36)9-1)34-23-26-41(27-24-34)49(42-15-7-14-38(31-42)40-22-20-33-10-2-4-13-37(33)30-40)45-17-8-18-46-47(45)44-28-25-35-11-5-6-16-43(35)48(44)50-46/h1-31H. The van der Waals surface area contributed by atoms with Gasteiger partial charge >= 0.3 is 0 Å². The summed E-state index contributed by atoms with van der Waals surface area (Å²) in [4.78, 5) is 2.38. The average Bonchev–Trinajstić information content (AvgIpc) is 3.58.